The molecular formula is C12H13BrF3NOS. The van der Waals surface area contributed by atoms with E-state index in [0.717, 1.165) is 24.3 Å². The summed E-state index contributed by atoms with van der Waals surface area (Å²) in [7, 11) is 0. The number of hydrogen-bond donors (Lipinski definition) is 1. The van der Waals surface area contributed by atoms with E-state index in [1.54, 1.807) is 11.8 Å². The van der Waals surface area contributed by atoms with Crippen molar-refractivity contribution < 1.29 is 18.0 Å². The first-order valence-electron chi connectivity index (χ1n) is 5.50. The number of halogens is 4. The highest BCUT2D eigenvalue weighted by molar-refractivity contribution is 9.10. The van der Waals surface area contributed by atoms with Crippen LogP contribution in [0.4, 0.5) is 13.2 Å². The second-order valence-electron chi connectivity index (χ2n) is 3.79. The van der Waals surface area contributed by atoms with E-state index in [0.29, 0.717) is 11.0 Å². The molecule has 0 fully saturated rings. The van der Waals surface area contributed by atoms with E-state index in [1.165, 1.54) is 6.07 Å². The Labute approximate surface area is 122 Å². The Morgan fingerprint density at radius 2 is 2.11 bits per heavy atom. The minimum absolute atomic E-state index is 0.000948. The first-order valence-corrected chi connectivity index (χ1v) is 7.69. The fraction of sp³-hybridized carbons (Fsp3) is 0.417. The second kappa shape index (κ2) is 7.19. The molecule has 0 radical (unpaired) electrons. The number of alkyl halides is 3. The van der Waals surface area contributed by atoms with Gasteiger partial charge in [0, 0.05) is 11.0 Å². The summed E-state index contributed by atoms with van der Waals surface area (Å²) in [5.74, 6) is 0.392. The predicted octanol–water partition coefficient (Wildman–Crippen LogP) is 3.95. The minimum atomic E-state index is -4.45. The number of hydrogen-bond acceptors (Lipinski definition) is 2. The lowest BCUT2D eigenvalue weighted by Gasteiger charge is -2.11. The van der Waals surface area contributed by atoms with Crippen molar-refractivity contribution in [2.75, 3.05) is 18.6 Å². The average molecular weight is 356 g/mol. The first kappa shape index (κ1) is 16.4. The normalized spacial score (nSPS) is 11.4. The van der Waals surface area contributed by atoms with E-state index < -0.39 is 17.6 Å². The molecule has 7 heteroatoms. The molecule has 0 saturated heterocycles. The molecule has 1 amide bonds. The van der Waals surface area contributed by atoms with E-state index in [2.05, 4.69) is 21.2 Å². The molecule has 0 unspecified atom stereocenters. The average Bonchev–Trinajstić information content (AvgIpc) is 2.33. The van der Waals surface area contributed by atoms with Crippen LogP contribution in [0, 0.1) is 0 Å². The number of amides is 1. The third-order valence-electron chi connectivity index (χ3n) is 2.35. The van der Waals surface area contributed by atoms with Crippen LogP contribution < -0.4 is 5.32 Å². The maximum absolute atomic E-state index is 12.6. The highest BCUT2D eigenvalue weighted by Gasteiger charge is 2.31. The summed E-state index contributed by atoms with van der Waals surface area (Å²) >= 11 is 4.74. The van der Waals surface area contributed by atoms with Gasteiger partial charge in [-0.3, -0.25) is 4.79 Å². The van der Waals surface area contributed by atoms with Crippen molar-refractivity contribution >= 4 is 33.6 Å². The number of thioether (sulfide) groups is 1. The smallest absolute Gasteiger partial charge is 0.352 e. The van der Waals surface area contributed by atoms with E-state index >= 15 is 0 Å². The molecule has 0 bridgehead atoms. The van der Waals surface area contributed by atoms with E-state index in [1.807, 2.05) is 6.26 Å². The summed E-state index contributed by atoms with van der Waals surface area (Å²) in [4.78, 5) is 11.8. The molecule has 0 aliphatic heterocycles. The lowest BCUT2D eigenvalue weighted by Crippen LogP contribution is -2.25. The molecule has 1 N–H and O–H groups in total. The number of rotatable bonds is 5. The van der Waals surface area contributed by atoms with Gasteiger partial charge < -0.3 is 5.32 Å². The van der Waals surface area contributed by atoms with Gasteiger partial charge in [0.15, 0.2) is 0 Å². The van der Waals surface area contributed by atoms with E-state index in [-0.39, 0.29) is 5.56 Å². The maximum atomic E-state index is 12.6. The number of carbonyl (C=O) groups is 1. The lowest BCUT2D eigenvalue weighted by atomic mass is 10.1. The summed E-state index contributed by atoms with van der Waals surface area (Å²) in [5, 5.41) is 2.60. The van der Waals surface area contributed by atoms with E-state index in [9.17, 15) is 18.0 Å². The molecule has 1 aromatic carbocycles. The summed E-state index contributed by atoms with van der Waals surface area (Å²) in [5.41, 5.74) is -0.830. The number of benzene rings is 1. The number of nitrogens with one attached hydrogen (secondary N) is 1. The van der Waals surface area contributed by atoms with Crippen LogP contribution in [0.15, 0.2) is 22.7 Å². The van der Waals surface area contributed by atoms with Crippen molar-refractivity contribution in [3.8, 4) is 0 Å². The van der Waals surface area contributed by atoms with Gasteiger partial charge in [-0.2, -0.15) is 24.9 Å². The van der Waals surface area contributed by atoms with Gasteiger partial charge in [0.2, 0.25) is 0 Å². The molecule has 1 aromatic rings. The Morgan fingerprint density at radius 1 is 1.42 bits per heavy atom. The third kappa shape index (κ3) is 5.06. The zero-order valence-corrected chi connectivity index (χ0v) is 12.6. The second-order valence-corrected chi connectivity index (χ2v) is 5.63. The van der Waals surface area contributed by atoms with Crippen LogP contribution >= 0.6 is 27.7 Å². The molecule has 0 aliphatic rings. The summed E-state index contributed by atoms with van der Waals surface area (Å²) in [6.45, 7) is 0.447. The Kier molecular flexibility index (Phi) is 6.19. The molecule has 0 heterocycles. The highest BCUT2D eigenvalue weighted by atomic mass is 79.9. The van der Waals surface area contributed by atoms with Crippen molar-refractivity contribution in [1.82, 2.24) is 5.32 Å². The zero-order valence-electron chi connectivity index (χ0n) is 10.2. The van der Waals surface area contributed by atoms with Crippen molar-refractivity contribution in [2.45, 2.75) is 12.6 Å². The van der Waals surface area contributed by atoms with Crippen LogP contribution in [0.1, 0.15) is 22.3 Å². The Morgan fingerprint density at radius 3 is 2.68 bits per heavy atom. The fourth-order valence-corrected chi connectivity index (χ4v) is 2.25. The quantitative estimate of drug-likeness (QED) is 0.810. The molecule has 0 aliphatic carbocycles. The predicted molar refractivity (Wildman–Crippen MR) is 74.5 cm³/mol. The van der Waals surface area contributed by atoms with Crippen LogP contribution in [0.2, 0.25) is 0 Å². The molecule has 106 valence electrons. The van der Waals surface area contributed by atoms with Crippen molar-refractivity contribution in [1.29, 1.82) is 0 Å². The molecule has 2 nitrogen and oxygen atoms in total. The Bertz CT molecular complexity index is 451. The molecule has 0 saturated carbocycles. The number of carbonyl (C=O) groups excluding carboxylic acids is 1. The van der Waals surface area contributed by atoms with Gasteiger partial charge in [-0.15, -0.1) is 0 Å². The van der Waals surface area contributed by atoms with Gasteiger partial charge in [-0.25, -0.2) is 0 Å². The van der Waals surface area contributed by atoms with Crippen molar-refractivity contribution in [3.05, 3.63) is 33.8 Å². The van der Waals surface area contributed by atoms with Gasteiger partial charge in [0.1, 0.15) is 0 Å². The van der Waals surface area contributed by atoms with Crippen molar-refractivity contribution in [3.63, 3.8) is 0 Å². The van der Waals surface area contributed by atoms with Crippen molar-refractivity contribution in [2.24, 2.45) is 0 Å². The maximum Gasteiger partial charge on any atom is 0.416 e. The van der Waals surface area contributed by atoms with Gasteiger partial charge in [0.05, 0.1) is 11.1 Å². The molecule has 19 heavy (non-hydrogen) atoms. The van der Waals surface area contributed by atoms with Gasteiger partial charge in [-0.1, -0.05) is 0 Å². The summed E-state index contributed by atoms with van der Waals surface area (Å²) in [6.07, 6.45) is -1.72. The van der Waals surface area contributed by atoms with Gasteiger partial charge >= 0.3 is 6.18 Å². The standard InChI is InChI=1S/C12H13BrF3NOS/c1-19-6-2-5-17-11(18)9-7-8(12(14,15)16)3-4-10(9)13/h3-4,7H,2,5-6H2,1H3,(H,17,18). The van der Waals surface area contributed by atoms with Crippen LogP contribution in [0.25, 0.3) is 0 Å². The SMILES string of the molecule is CSCCCNC(=O)c1cc(C(F)(F)F)ccc1Br. The minimum Gasteiger partial charge on any atom is -0.352 e. The molecule has 0 aromatic heterocycles. The van der Waals surface area contributed by atoms with Crippen LogP contribution in [-0.4, -0.2) is 24.5 Å². The lowest BCUT2D eigenvalue weighted by molar-refractivity contribution is -0.137. The third-order valence-corrected chi connectivity index (χ3v) is 3.74. The monoisotopic (exact) mass is 355 g/mol. The molecular weight excluding hydrogens is 343 g/mol. The Balaban J connectivity index is 2.78. The molecule has 1 rings (SSSR count). The zero-order chi connectivity index (χ0) is 14.5. The van der Waals surface area contributed by atoms with Gasteiger partial charge in [-0.05, 0) is 52.6 Å². The molecule has 0 atom stereocenters. The summed E-state index contributed by atoms with van der Waals surface area (Å²) in [6, 6.07) is 3.03. The molecule has 0 spiro atoms. The Hall–Kier alpha value is -0.690. The van der Waals surface area contributed by atoms with Gasteiger partial charge in [0.25, 0.3) is 5.91 Å². The highest BCUT2D eigenvalue weighted by Crippen LogP contribution is 2.31. The van der Waals surface area contributed by atoms with Crippen LogP contribution in [0.5, 0.6) is 0 Å². The largest absolute Gasteiger partial charge is 0.416 e. The summed E-state index contributed by atoms with van der Waals surface area (Å²) < 4.78 is 38.0. The first-order chi connectivity index (χ1) is 8.86. The van der Waals surface area contributed by atoms with Crippen LogP contribution in [0.3, 0.4) is 0 Å². The fourth-order valence-electron chi connectivity index (χ4n) is 1.39. The van der Waals surface area contributed by atoms with E-state index in [4.69, 9.17) is 0 Å². The van der Waals surface area contributed by atoms with Crippen LogP contribution in [-0.2, 0) is 6.18 Å². The topological polar surface area (TPSA) is 29.1 Å².